The van der Waals surface area contributed by atoms with Crippen LogP contribution in [0.5, 0.6) is 0 Å². The highest BCUT2D eigenvalue weighted by Gasteiger charge is 2.30. The molecular weight excluding hydrogens is 318 g/mol. The van der Waals surface area contributed by atoms with Gasteiger partial charge in [-0.15, -0.1) is 6.58 Å². The van der Waals surface area contributed by atoms with Crippen molar-refractivity contribution in [1.29, 1.82) is 0 Å². The molecule has 0 unspecified atom stereocenters. The van der Waals surface area contributed by atoms with Crippen LogP contribution in [0.3, 0.4) is 0 Å². The Morgan fingerprint density at radius 3 is 1.81 bits per heavy atom. The minimum atomic E-state index is 0.999. The van der Waals surface area contributed by atoms with E-state index < -0.39 is 0 Å². The standard InChI is InChI=1S/C23H43N.CH2O/c1-4-6-7-8-20-9-13-22(14-10-20)23-15-11-21(12-16-23)17-19-24(3)18-5-2;1-2/h5,20-23H,2,4,6-19H2,1,3H3;1H2. The summed E-state index contributed by atoms with van der Waals surface area (Å²) in [7, 11) is 2.23. The van der Waals surface area contributed by atoms with Crippen LogP contribution in [-0.2, 0) is 4.79 Å². The molecule has 0 amide bonds. The van der Waals surface area contributed by atoms with Gasteiger partial charge >= 0.3 is 0 Å². The van der Waals surface area contributed by atoms with Gasteiger partial charge in [-0.25, -0.2) is 0 Å². The minimum absolute atomic E-state index is 0.999. The van der Waals surface area contributed by atoms with Crippen molar-refractivity contribution in [1.82, 2.24) is 4.90 Å². The number of rotatable bonds is 10. The lowest BCUT2D eigenvalue weighted by molar-refractivity contribution is -0.0979. The first kappa shape index (κ1) is 23.4. The number of carbonyl (C=O) groups excluding carboxylic acids is 1. The molecule has 2 fully saturated rings. The molecular formula is C24H45NO. The number of hydrogen-bond donors (Lipinski definition) is 0. The van der Waals surface area contributed by atoms with Gasteiger partial charge in [-0.2, -0.15) is 0 Å². The molecule has 2 aliphatic carbocycles. The molecule has 2 saturated carbocycles. The predicted octanol–water partition coefficient (Wildman–Crippen LogP) is 6.50. The number of likely N-dealkylation sites (N-methyl/N-ethyl adjacent to an activating group) is 1. The van der Waals surface area contributed by atoms with Gasteiger partial charge in [0.05, 0.1) is 0 Å². The Morgan fingerprint density at radius 2 is 1.35 bits per heavy atom. The van der Waals surface area contributed by atoms with Crippen molar-refractivity contribution in [2.45, 2.75) is 90.4 Å². The molecule has 0 aromatic heterocycles. The van der Waals surface area contributed by atoms with Gasteiger partial charge in [-0.1, -0.05) is 64.4 Å². The molecule has 0 aromatic rings. The zero-order valence-corrected chi connectivity index (χ0v) is 17.8. The van der Waals surface area contributed by atoms with Gasteiger partial charge in [0, 0.05) is 6.54 Å². The largest absolute Gasteiger partial charge is 0.307 e. The van der Waals surface area contributed by atoms with E-state index in [2.05, 4.69) is 25.5 Å². The topological polar surface area (TPSA) is 20.3 Å². The smallest absolute Gasteiger partial charge is 0.106 e. The van der Waals surface area contributed by atoms with E-state index in [-0.39, 0.29) is 0 Å². The molecule has 0 heterocycles. The molecule has 152 valence electrons. The zero-order valence-electron chi connectivity index (χ0n) is 17.8. The number of nitrogens with zero attached hydrogens (tertiary/aromatic N) is 1. The van der Waals surface area contributed by atoms with Crippen LogP contribution in [0, 0.1) is 23.7 Å². The van der Waals surface area contributed by atoms with Crippen molar-refractivity contribution >= 4 is 6.79 Å². The normalized spacial score (nSPS) is 29.0. The third-order valence-corrected chi connectivity index (χ3v) is 7.03. The SMILES string of the molecule is C=CCN(C)CCC1CCC(C2CCC(CCCCC)CC2)CC1.C=O. The van der Waals surface area contributed by atoms with Crippen molar-refractivity contribution in [2.24, 2.45) is 23.7 Å². The highest BCUT2D eigenvalue weighted by atomic mass is 16.1. The Bertz CT molecular complexity index is 340. The highest BCUT2D eigenvalue weighted by molar-refractivity contribution is 5.11. The third-order valence-electron chi connectivity index (χ3n) is 7.03. The van der Waals surface area contributed by atoms with E-state index in [9.17, 15) is 0 Å². The summed E-state index contributed by atoms with van der Waals surface area (Å²) in [6.45, 7) is 10.5. The molecule has 0 saturated heterocycles. The lowest BCUT2D eigenvalue weighted by Crippen LogP contribution is -2.27. The van der Waals surface area contributed by atoms with Gasteiger partial charge < -0.3 is 9.69 Å². The fourth-order valence-corrected chi connectivity index (χ4v) is 5.29. The number of carbonyl (C=O) groups is 1. The van der Waals surface area contributed by atoms with E-state index >= 15 is 0 Å². The molecule has 0 N–H and O–H groups in total. The Kier molecular flexibility index (Phi) is 13.0. The maximum atomic E-state index is 8.00. The Labute approximate surface area is 163 Å². The van der Waals surface area contributed by atoms with Crippen LogP contribution in [0.15, 0.2) is 12.7 Å². The predicted molar refractivity (Wildman–Crippen MR) is 114 cm³/mol. The second-order valence-corrected chi connectivity index (χ2v) is 8.90. The van der Waals surface area contributed by atoms with Crippen LogP contribution >= 0.6 is 0 Å². The summed E-state index contributed by atoms with van der Waals surface area (Å²) in [4.78, 5) is 10.4. The lowest BCUT2D eigenvalue weighted by atomic mass is 9.68. The Morgan fingerprint density at radius 1 is 0.846 bits per heavy atom. The highest BCUT2D eigenvalue weighted by Crippen LogP contribution is 2.42. The Hall–Kier alpha value is -0.630. The first-order valence-electron chi connectivity index (χ1n) is 11.3. The maximum absolute atomic E-state index is 8.00. The molecule has 0 aromatic carbocycles. The van der Waals surface area contributed by atoms with E-state index in [0.29, 0.717) is 0 Å². The quantitative estimate of drug-likeness (QED) is 0.326. The monoisotopic (exact) mass is 363 g/mol. The summed E-state index contributed by atoms with van der Waals surface area (Å²) in [5.41, 5.74) is 0. The molecule has 0 atom stereocenters. The third kappa shape index (κ3) is 8.84. The van der Waals surface area contributed by atoms with Gasteiger partial charge in [-0.3, -0.25) is 0 Å². The average molecular weight is 364 g/mol. The van der Waals surface area contributed by atoms with Crippen molar-refractivity contribution < 1.29 is 4.79 Å². The minimum Gasteiger partial charge on any atom is -0.307 e. The molecule has 26 heavy (non-hydrogen) atoms. The van der Waals surface area contributed by atoms with Crippen LogP contribution < -0.4 is 0 Å². The van der Waals surface area contributed by atoms with Crippen LogP contribution in [0.4, 0.5) is 0 Å². The summed E-state index contributed by atoms with van der Waals surface area (Å²) < 4.78 is 0. The van der Waals surface area contributed by atoms with Crippen molar-refractivity contribution in [3.05, 3.63) is 12.7 Å². The van der Waals surface area contributed by atoms with E-state index in [1.807, 2.05) is 12.9 Å². The second kappa shape index (κ2) is 14.4. The first-order valence-corrected chi connectivity index (χ1v) is 11.3. The van der Waals surface area contributed by atoms with Gasteiger partial charge in [-0.05, 0) is 69.4 Å². The van der Waals surface area contributed by atoms with Crippen molar-refractivity contribution in [2.75, 3.05) is 20.1 Å². The molecule has 0 spiro atoms. The fraction of sp³-hybridized carbons (Fsp3) is 0.875. The van der Waals surface area contributed by atoms with Crippen LogP contribution in [0.25, 0.3) is 0 Å². The van der Waals surface area contributed by atoms with Gasteiger partial charge in [0.15, 0.2) is 0 Å². The zero-order chi connectivity index (χ0) is 19.2. The summed E-state index contributed by atoms with van der Waals surface area (Å²) >= 11 is 0. The number of hydrogen-bond acceptors (Lipinski definition) is 2. The molecule has 0 aliphatic heterocycles. The van der Waals surface area contributed by atoms with E-state index in [0.717, 1.165) is 30.2 Å². The van der Waals surface area contributed by atoms with E-state index in [4.69, 9.17) is 4.79 Å². The summed E-state index contributed by atoms with van der Waals surface area (Å²) in [6.07, 6.45) is 21.5. The van der Waals surface area contributed by atoms with Crippen molar-refractivity contribution in [3.63, 3.8) is 0 Å². The summed E-state index contributed by atoms with van der Waals surface area (Å²) in [6, 6.07) is 0. The maximum Gasteiger partial charge on any atom is 0.106 e. The number of unbranched alkanes of at least 4 members (excludes halogenated alkanes) is 2. The molecule has 2 heteroatoms. The molecule has 2 nitrogen and oxygen atoms in total. The Balaban J connectivity index is 0.00000163. The van der Waals surface area contributed by atoms with Crippen molar-refractivity contribution in [3.8, 4) is 0 Å². The molecule has 2 aliphatic rings. The molecule has 0 radical (unpaired) electrons. The van der Waals surface area contributed by atoms with Gasteiger partial charge in [0.1, 0.15) is 6.79 Å². The second-order valence-electron chi connectivity index (χ2n) is 8.90. The lowest BCUT2D eigenvalue weighted by Gasteiger charge is -2.38. The first-order chi connectivity index (χ1) is 12.7. The average Bonchev–Trinajstić information content (AvgIpc) is 2.69. The van der Waals surface area contributed by atoms with Gasteiger partial charge in [0.2, 0.25) is 0 Å². The van der Waals surface area contributed by atoms with Gasteiger partial charge in [0.25, 0.3) is 0 Å². The summed E-state index contributed by atoms with van der Waals surface area (Å²) in [5, 5.41) is 0. The summed E-state index contributed by atoms with van der Waals surface area (Å²) in [5.74, 6) is 4.23. The molecule has 0 bridgehead atoms. The van der Waals surface area contributed by atoms with E-state index in [1.54, 1.807) is 25.7 Å². The molecule has 2 rings (SSSR count). The van der Waals surface area contributed by atoms with Crippen LogP contribution in [0.1, 0.15) is 90.4 Å². The van der Waals surface area contributed by atoms with Crippen LogP contribution in [0.2, 0.25) is 0 Å². The van der Waals surface area contributed by atoms with E-state index in [1.165, 1.54) is 64.3 Å². The van der Waals surface area contributed by atoms with Crippen LogP contribution in [-0.4, -0.2) is 31.8 Å². The fourth-order valence-electron chi connectivity index (χ4n) is 5.29.